The molecule has 1 atom stereocenters. The number of nitrogens with zero attached hydrogens (tertiary/aromatic N) is 3. The lowest BCUT2D eigenvalue weighted by Gasteiger charge is -2.25. The fraction of sp³-hybridized carbons (Fsp3) is 0.500. The molecule has 0 bridgehead atoms. The molecule has 1 saturated carbocycles. The van der Waals surface area contributed by atoms with Gasteiger partial charge in [0.25, 0.3) is 0 Å². The molecule has 0 N–H and O–H groups in total. The predicted molar refractivity (Wildman–Crippen MR) is 59.5 cm³/mol. The van der Waals surface area contributed by atoms with E-state index in [-0.39, 0.29) is 0 Å². The molecule has 1 fully saturated rings. The third-order valence-electron chi connectivity index (χ3n) is 3.15. The van der Waals surface area contributed by atoms with Gasteiger partial charge in [-0.05, 0) is 37.8 Å². The van der Waals surface area contributed by atoms with Gasteiger partial charge >= 0.3 is 0 Å². The average molecular weight is 201 g/mol. The summed E-state index contributed by atoms with van der Waals surface area (Å²) in [6.45, 7) is 2.22. The number of hydrogen-bond acceptors (Lipinski definition) is 3. The van der Waals surface area contributed by atoms with Crippen LogP contribution < -0.4 is 4.90 Å². The van der Waals surface area contributed by atoms with Gasteiger partial charge < -0.3 is 4.90 Å². The van der Waals surface area contributed by atoms with Crippen LogP contribution in [0.2, 0.25) is 0 Å². The van der Waals surface area contributed by atoms with E-state index in [4.69, 9.17) is 5.26 Å². The predicted octanol–water partition coefficient (Wildman–Crippen LogP) is 2.19. The fourth-order valence-corrected chi connectivity index (χ4v) is 1.78. The largest absolute Gasteiger partial charge is 0.357 e. The van der Waals surface area contributed by atoms with E-state index >= 15 is 0 Å². The molecule has 0 aromatic carbocycles. The number of pyridine rings is 1. The van der Waals surface area contributed by atoms with Crippen molar-refractivity contribution >= 4 is 5.82 Å². The molecule has 1 heterocycles. The van der Waals surface area contributed by atoms with Crippen LogP contribution >= 0.6 is 0 Å². The first kappa shape index (κ1) is 9.97. The molecule has 2 rings (SSSR count). The lowest BCUT2D eigenvalue weighted by molar-refractivity contribution is 0.604. The van der Waals surface area contributed by atoms with Gasteiger partial charge in [-0.15, -0.1) is 0 Å². The highest BCUT2D eigenvalue weighted by atomic mass is 15.2. The summed E-state index contributed by atoms with van der Waals surface area (Å²) in [6.07, 6.45) is 4.34. The number of hydrogen-bond donors (Lipinski definition) is 0. The second-order valence-electron chi connectivity index (χ2n) is 4.20. The van der Waals surface area contributed by atoms with Gasteiger partial charge in [0.05, 0.1) is 11.6 Å². The molecule has 0 aliphatic heterocycles. The van der Waals surface area contributed by atoms with Crippen LogP contribution in [0.15, 0.2) is 18.3 Å². The minimum absolute atomic E-state index is 0.520. The highest BCUT2D eigenvalue weighted by Gasteiger charge is 2.30. The van der Waals surface area contributed by atoms with E-state index in [1.165, 1.54) is 12.8 Å². The van der Waals surface area contributed by atoms with Gasteiger partial charge in [-0.1, -0.05) is 0 Å². The van der Waals surface area contributed by atoms with Gasteiger partial charge in [0.1, 0.15) is 5.82 Å². The Kier molecular flexibility index (Phi) is 2.59. The fourth-order valence-electron chi connectivity index (χ4n) is 1.78. The van der Waals surface area contributed by atoms with Crippen molar-refractivity contribution < 1.29 is 0 Å². The van der Waals surface area contributed by atoms with Gasteiger partial charge in [-0.25, -0.2) is 4.98 Å². The Morgan fingerprint density at radius 1 is 1.60 bits per heavy atom. The Hall–Kier alpha value is -1.56. The van der Waals surface area contributed by atoms with Crippen molar-refractivity contribution in [2.75, 3.05) is 11.9 Å². The van der Waals surface area contributed by atoms with Crippen molar-refractivity contribution in [3.05, 3.63) is 23.9 Å². The van der Waals surface area contributed by atoms with Crippen LogP contribution in [0.5, 0.6) is 0 Å². The molecule has 0 amide bonds. The summed E-state index contributed by atoms with van der Waals surface area (Å²) in [5.74, 6) is 1.70. The summed E-state index contributed by atoms with van der Waals surface area (Å²) in [5, 5.41) is 8.81. The first-order valence-electron chi connectivity index (χ1n) is 5.31. The minimum atomic E-state index is 0.520. The number of aromatic nitrogens is 1. The monoisotopic (exact) mass is 201 g/mol. The summed E-state index contributed by atoms with van der Waals surface area (Å²) >= 11 is 0. The quantitative estimate of drug-likeness (QED) is 0.752. The van der Waals surface area contributed by atoms with Crippen molar-refractivity contribution in [1.29, 1.82) is 5.26 Å². The first-order valence-corrected chi connectivity index (χ1v) is 5.31. The molecule has 3 nitrogen and oxygen atoms in total. The van der Waals surface area contributed by atoms with Crippen LogP contribution in [0.25, 0.3) is 0 Å². The maximum absolute atomic E-state index is 8.81. The SMILES string of the molecule is CC(C1CC1)N(C)c1cc(C#N)ccn1. The van der Waals surface area contributed by atoms with Crippen molar-refractivity contribution in [3.8, 4) is 6.07 Å². The number of rotatable bonds is 3. The highest BCUT2D eigenvalue weighted by molar-refractivity contribution is 5.45. The maximum atomic E-state index is 8.81. The molecule has 78 valence electrons. The third kappa shape index (κ3) is 2.10. The highest BCUT2D eigenvalue weighted by Crippen LogP contribution is 2.35. The van der Waals surface area contributed by atoms with Crippen LogP contribution in [0.3, 0.4) is 0 Å². The second kappa shape index (κ2) is 3.90. The summed E-state index contributed by atoms with van der Waals surface area (Å²) in [4.78, 5) is 6.46. The zero-order valence-electron chi connectivity index (χ0n) is 9.14. The lowest BCUT2D eigenvalue weighted by atomic mass is 10.2. The van der Waals surface area contributed by atoms with E-state index in [2.05, 4.69) is 22.9 Å². The zero-order valence-corrected chi connectivity index (χ0v) is 9.14. The van der Waals surface area contributed by atoms with Crippen molar-refractivity contribution in [3.63, 3.8) is 0 Å². The van der Waals surface area contributed by atoms with Gasteiger partial charge in [-0.3, -0.25) is 0 Å². The molecule has 3 heteroatoms. The molecule has 0 radical (unpaired) electrons. The van der Waals surface area contributed by atoms with E-state index < -0.39 is 0 Å². The van der Waals surface area contributed by atoms with Gasteiger partial charge in [0.2, 0.25) is 0 Å². The summed E-state index contributed by atoms with van der Waals surface area (Å²) in [6, 6.07) is 6.24. The van der Waals surface area contributed by atoms with Crippen molar-refractivity contribution in [2.24, 2.45) is 5.92 Å². The normalized spacial score (nSPS) is 16.9. The van der Waals surface area contributed by atoms with Gasteiger partial charge in [0.15, 0.2) is 0 Å². The Labute approximate surface area is 90.4 Å². The standard InChI is InChI=1S/C12H15N3/c1-9(11-3-4-11)15(2)12-7-10(8-13)5-6-14-12/h5-7,9,11H,3-4H2,1-2H3. The Balaban J connectivity index is 2.17. The second-order valence-corrected chi connectivity index (χ2v) is 4.20. The third-order valence-corrected chi connectivity index (χ3v) is 3.15. The van der Waals surface area contributed by atoms with E-state index in [0.717, 1.165) is 11.7 Å². The molecule has 1 aliphatic rings. The number of nitriles is 1. The molecule has 0 spiro atoms. The Morgan fingerprint density at radius 3 is 2.93 bits per heavy atom. The molecule has 1 aliphatic carbocycles. The molecular formula is C12H15N3. The smallest absolute Gasteiger partial charge is 0.129 e. The van der Waals surface area contributed by atoms with Crippen LogP contribution in [-0.2, 0) is 0 Å². The lowest BCUT2D eigenvalue weighted by Crippen LogP contribution is -2.31. The minimum Gasteiger partial charge on any atom is -0.357 e. The molecule has 15 heavy (non-hydrogen) atoms. The van der Waals surface area contributed by atoms with Crippen LogP contribution in [0, 0.1) is 17.2 Å². The first-order chi connectivity index (χ1) is 7.22. The Morgan fingerprint density at radius 2 is 2.33 bits per heavy atom. The zero-order chi connectivity index (χ0) is 10.8. The Bertz CT molecular complexity index is 390. The van der Waals surface area contributed by atoms with Crippen LogP contribution in [-0.4, -0.2) is 18.1 Å². The molecular weight excluding hydrogens is 186 g/mol. The van der Waals surface area contributed by atoms with Gasteiger partial charge in [-0.2, -0.15) is 5.26 Å². The van der Waals surface area contributed by atoms with Gasteiger partial charge in [0, 0.05) is 19.3 Å². The maximum Gasteiger partial charge on any atom is 0.129 e. The van der Waals surface area contributed by atoms with E-state index in [9.17, 15) is 0 Å². The average Bonchev–Trinajstić information content (AvgIpc) is 3.11. The topological polar surface area (TPSA) is 39.9 Å². The molecule has 0 saturated heterocycles. The van der Waals surface area contributed by atoms with Crippen molar-refractivity contribution in [1.82, 2.24) is 4.98 Å². The molecule has 1 unspecified atom stereocenters. The van der Waals surface area contributed by atoms with E-state index in [0.29, 0.717) is 11.6 Å². The number of anilines is 1. The van der Waals surface area contributed by atoms with E-state index in [1.807, 2.05) is 13.1 Å². The summed E-state index contributed by atoms with van der Waals surface area (Å²) in [7, 11) is 2.05. The van der Waals surface area contributed by atoms with Crippen LogP contribution in [0.1, 0.15) is 25.3 Å². The van der Waals surface area contributed by atoms with Crippen LogP contribution in [0.4, 0.5) is 5.82 Å². The summed E-state index contributed by atoms with van der Waals surface area (Å²) < 4.78 is 0. The van der Waals surface area contributed by atoms with Crippen molar-refractivity contribution in [2.45, 2.75) is 25.8 Å². The summed E-state index contributed by atoms with van der Waals surface area (Å²) in [5.41, 5.74) is 0.676. The molecule has 1 aromatic rings. The molecule has 1 aromatic heterocycles. The van der Waals surface area contributed by atoms with E-state index in [1.54, 1.807) is 12.3 Å².